The summed E-state index contributed by atoms with van der Waals surface area (Å²) in [5, 5.41) is 5.00. The number of hydrogen-bond donors (Lipinski definition) is 0. The van der Waals surface area contributed by atoms with Crippen LogP contribution in [0.1, 0.15) is 0 Å². The molecule has 0 radical (unpaired) electrons. The number of hydrogen-bond acceptors (Lipinski definition) is 0. The molecular weight excluding hydrogens is 677 g/mol. The number of para-hydroxylation sites is 3. The highest BCUT2D eigenvalue weighted by molar-refractivity contribution is 6.13. The van der Waals surface area contributed by atoms with Gasteiger partial charge in [-0.15, -0.1) is 0 Å². The fraction of sp³-hybridized carbons (Fsp3) is 0. The zero-order chi connectivity index (χ0) is 37.0. The Kier molecular flexibility index (Phi) is 7.53. The molecule has 0 saturated heterocycles. The molecule has 2 heterocycles. The highest BCUT2D eigenvalue weighted by atomic mass is 15.0. The lowest BCUT2D eigenvalue weighted by Gasteiger charge is -2.15. The molecule has 0 saturated carbocycles. The molecule has 9 aromatic carbocycles. The van der Waals surface area contributed by atoms with Gasteiger partial charge in [0.25, 0.3) is 0 Å². The van der Waals surface area contributed by atoms with Gasteiger partial charge in [0.2, 0.25) is 0 Å². The molecule has 262 valence electrons. The van der Waals surface area contributed by atoms with Crippen molar-refractivity contribution in [1.82, 2.24) is 9.13 Å². The van der Waals surface area contributed by atoms with Crippen molar-refractivity contribution in [2.75, 3.05) is 0 Å². The number of aromatic nitrogens is 2. The molecule has 2 nitrogen and oxygen atoms in total. The molecular formula is C54H36N2. The predicted molar refractivity (Wildman–Crippen MR) is 237 cm³/mol. The third-order valence-electron chi connectivity index (χ3n) is 11.3. The van der Waals surface area contributed by atoms with E-state index in [1.54, 1.807) is 0 Å². The molecule has 0 aliphatic heterocycles. The Bertz CT molecular complexity index is 3130. The molecule has 11 rings (SSSR count). The summed E-state index contributed by atoms with van der Waals surface area (Å²) in [6, 6.07) is 79.4. The maximum absolute atomic E-state index is 2.46. The van der Waals surface area contributed by atoms with E-state index in [9.17, 15) is 0 Å². The van der Waals surface area contributed by atoms with Crippen molar-refractivity contribution in [3.05, 3.63) is 218 Å². The van der Waals surface area contributed by atoms with Crippen LogP contribution in [0.25, 0.3) is 99.5 Å². The first-order chi connectivity index (χ1) is 27.8. The first kappa shape index (κ1) is 32.0. The van der Waals surface area contributed by atoms with E-state index < -0.39 is 0 Å². The van der Waals surface area contributed by atoms with Crippen LogP contribution in [-0.4, -0.2) is 9.13 Å². The van der Waals surface area contributed by atoms with Crippen molar-refractivity contribution < 1.29 is 0 Å². The van der Waals surface area contributed by atoms with Crippen LogP contribution in [0.15, 0.2) is 218 Å². The van der Waals surface area contributed by atoms with Crippen LogP contribution in [0.5, 0.6) is 0 Å². The fourth-order valence-electron chi connectivity index (χ4n) is 8.69. The highest BCUT2D eigenvalue weighted by Gasteiger charge is 2.18. The zero-order valence-corrected chi connectivity index (χ0v) is 30.7. The Morgan fingerprint density at radius 3 is 1.41 bits per heavy atom. The Morgan fingerprint density at radius 1 is 0.232 bits per heavy atom. The minimum atomic E-state index is 1.16. The Labute approximate surface area is 325 Å². The molecule has 0 aliphatic carbocycles. The summed E-state index contributed by atoms with van der Waals surface area (Å²) < 4.78 is 4.85. The molecule has 0 aliphatic rings. The average molecular weight is 713 g/mol. The Balaban J connectivity index is 1.08. The SMILES string of the molecule is c1ccc(-c2ccc3c(c2)c2cc(-c4ccccc4)ccc2n3-c2ccccc2-c2cccc(-c3ccc4c5ccccc5n(-c5ccccc5)c4c3)c2)cc1. The summed E-state index contributed by atoms with van der Waals surface area (Å²) in [7, 11) is 0. The Hall–Kier alpha value is -7.42. The van der Waals surface area contributed by atoms with Crippen molar-refractivity contribution in [2.45, 2.75) is 0 Å². The van der Waals surface area contributed by atoms with E-state index >= 15 is 0 Å². The van der Waals surface area contributed by atoms with Gasteiger partial charge in [0, 0.05) is 32.8 Å². The molecule has 2 aromatic heterocycles. The number of benzene rings is 9. The van der Waals surface area contributed by atoms with Crippen LogP contribution in [0.4, 0.5) is 0 Å². The molecule has 0 unspecified atom stereocenters. The van der Waals surface area contributed by atoms with E-state index in [2.05, 4.69) is 228 Å². The van der Waals surface area contributed by atoms with Gasteiger partial charge in [0.05, 0.1) is 27.8 Å². The predicted octanol–water partition coefficient (Wildman–Crippen LogP) is 14.5. The van der Waals surface area contributed by atoms with E-state index in [0.29, 0.717) is 0 Å². The molecule has 0 amide bonds. The largest absolute Gasteiger partial charge is 0.309 e. The zero-order valence-electron chi connectivity index (χ0n) is 30.7. The van der Waals surface area contributed by atoms with Gasteiger partial charge in [-0.2, -0.15) is 0 Å². The fourth-order valence-corrected chi connectivity index (χ4v) is 8.69. The smallest absolute Gasteiger partial charge is 0.0547 e. The third kappa shape index (κ3) is 5.26. The first-order valence-corrected chi connectivity index (χ1v) is 19.3. The van der Waals surface area contributed by atoms with Crippen molar-refractivity contribution in [1.29, 1.82) is 0 Å². The van der Waals surface area contributed by atoms with Crippen LogP contribution in [-0.2, 0) is 0 Å². The van der Waals surface area contributed by atoms with E-state index in [1.165, 1.54) is 88.1 Å². The minimum absolute atomic E-state index is 1.16. The highest BCUT2D eigenvalue weighted by Crippen LogP contribution is 2.41. The van der Waals surface area contributed by atoms with Gasteiger partial charge in [-0.1, -0.05) is 158 Å². The molecule has 56 heavy (non-hydrogen) atoms. The van der Waals surface area contributed by atoms with Crippen molar-refractivity contribution in [3.63, 3.8) is 0 Å². The molecule has 0 spiro atoms. The van der Waals surface area contributed by atoms with Gasteiger partial charge >= 0.3 is 0 Å². The molecule has 0 N–H and O–H groups in total. The van der Waals surface area contributed by atoms with E-state index in [-0.39, 0.29) is 0 Å². The third-order valence-corrected chi connectivity index (χ3v) is 11.3. The summed E-state index contributed by atoms with van der Waals surface area (Å²) in [6.45, 7) is 0. The van der Waals surface area contributed by atoms with Gasteiger partial charge in [-0.3, -0.25) is 0 Å². The van der Waals surface area contributed by atoms with Gasteiger partial charge in [0.1, 0.15) is 0 Å². The average Bonchev–Trinajstić information content (AvgIpc) is 3.79. The summed E-state index contributed by atoms with van der Waals surface area (Å²) in [4.78, 5) is 0. The second-order valence-corrected chi connectivity index (χ2v) is 14.5. The lowest BCUT2D eigenvalue weighted by molar-refractivity contribution is 1.18. The van der Waals surface area contributed by atoms with Gasteiger partial charge in [-0.25, -0.2) is 0 Å². The lowest BCUT2D eigenvalue weighted by Crippen LogP contribution is -1.97. The summed E-state index contributed by atoms with van der Waals surface area (Å²) in [6.07, 6.45) is 0. The van der Waals surface area contributed by atoms with Crippen LogP contribution in [0.3, 0.4) is 0 Å². The minimum Gasteiger partial charge on any atom is -0.309 e. The van der Waals surface area contributed by atoms with Crippen LogP contribution in [0.2, 0.25) is 0 Å². The molecule has 0 bridgehead atoms. The van der Waals surface area contributed by atoms with E-state index in [4.69, 9.17) is 0 Å². The maximum Gasteiger partial charge on any atom is 0.0547 e. The molecule has 0 fully saturated rings. The first-order valence-electron chi connectivity index (χ1n) is 19.3. The van der Waals surface area contributed by atoms with Crippen LogP contribution < -0.4 is 0 Å². The summed E-state index contributed by atoms with van der Waals surface area (Å²) in [5.41, 5.74) is 16.7. The second kappa shape index (κ2) is 13.2. The normalized spacial score (nSPS) is 11.6. The van der Waals surface area contributed by atoms with Crippen LogP contribution >= 0.6 is 0 Å². The van der Waals surface area contributed by atoms with E-state index in [0.717, 1.165) is 11.4 Å². The lowest BCUT2D eigenvalue weighted by atomic mass is 9.97. The second-order valence-electron chi connectivity index (χ2n) is 14.5. The number of fused-ring (bicyclic) bond motifs is 6. The number of rotatable bonds is 6. The van der Waals surface area contributed by atoms with Gasteiger partial charge in [-0.05, 0) is 99.6 Å². The monoisotopic (exact) mass is 712 g/mol. The molecule has 0 atom stereocenters. The topological polar surface area (TPSA) is 9.86 Å². The van der Waals surface area contributed by atoms with Crippen molar-refractivity contribution in [2.24, 2.45) is 0 Å². The molecule has 2 heteroatoms. The molecule has 11 aromatic rings. The van der Waals surface area contributed by atoms with Crippen LogP contribution in [0, 0.1) is 0 Å². The van der Waals surface area contributed by atoms with Crippen molar-refractivity contribution >= 4 is 43.6 Å². The number of nitrogens with zero attached hydrogens (tertiary/aromatic N) is 2. The quantitative estimate of drug-likeness (QED) is 0.162. The van der Waals surface area contributed by atoms with Gasteiger partial charge < -0.3 is 9.13 Å². The van der Waals surface area contributed by atoms with E-state index in [1.807, 2.05) is 0 Å². The van der Waals surface area contributed by atoms with Gasteiger partial charge in [0.15, 0.2) is 0 Å². The summed E-state index contributed by atoms with van der Waals surface area (Å²) >= 11 is 0. The van der Waals surface area contributed by atoms with Crippen molar-refractivity contribution in [3.8, 4) is 55.9 Å². The summed E-state index contributed by atoms with van der Waals surface area (Å²) in [5.74, 6) is 0. The Morgan fingerprint density at radius 2 is 0.714 bits per heavy atom. The standard InChI is InChI=1S/C54H36N2/c1-4-15-37(16-5-1)40-28-31-52-48(34-40)49-35-41(38-17-6-2-7-18-38)29-32-53(49)56(52)50-25-12-10-23-45(50)43-20-14-19-39(33-43)42-27-30-47-46-24-11-13-26-51(46)55(54(47)36-42)44-21-8-3-9-22-44/h1-36H. The maximum atomic E-state index is 2.46.